The van der Waals surface area contributed by atoms with E-state index in [-0.39, 0.29) is 11.6 Å². The summed E-state index contributed by atoms with van der Waals surface area (Å²) < 4.78 is 13.5. The van der Waals surface area contributed by atoms with Crippen LogP contribution in [0.1, 0.15) is 18.9 Å². The Labute approximate surface area is 89.7 Å². The van der Waals surface area contributed by atoms with Gasteiger partial charge in [0.05, 0.1) is 5.69 Å². The molecule has 0 radical (unpaired) electrons. The number of nitrogens with zero attached hydrogens (tertiary/aromatic N) is 1. The first kappa shape index (κ1) is 11.7. The van der Waals surface area contributed by atoms with Crippen LogP contribution in [-0.2, 0) is 11.2 Å². The molecule has 82 valence electrons. The van der Waals surface area contributed by atoms with Crippen LogP contribution in [0.4, 0.5) is 10.1 Å². The summed E-state index contributed by atoms with van der Waals surface area (Å²) in [5, 5.41) is 0. The van der Waals surface area contributed by atoms with E-state index in [0.717, 1.165) is 5.56 Å². The van der Waals surface area contributed by atoms with Crippen molar-refractivity contribution in [3.8, 4) is 0 Å². The van der Waals surface area contributed by atoms with Gasteiger partial charge in [0.15, 0.2) is 0 Å². The van der Waals surface area contributed by atoms with Crippen molar-refractivity contribution in [2.45, 2.75) is 19.8 Å². The molecule has 0 aliphatic heterocycles. The van der Waals surface area contributed by atoms with E-state index < -0.39 is 0 Å². The second-order valence-electron chi connectivity index (χ2n) is 3.88. The number of carbonyl (C=O) groups excluding carboxylic acids is 1. The maximum absolute atomic E-state index is 13.5. The largest absolute Gasteiger partial charge is 0.375 e. The number of anilines is 1. The van der Waals surface area contributed by atoms with E-state index in [0.29, 0.717) is 18.5 Å². The summed E-state index contributed by atoms with van der Waals surface area (Å²) in [5.74, 6) is -0.104. The number of Topliss-reactive ketones (excluding diaryl/α,β-unsaturated/α-hetero) is 1. The average Bonchev–Trinajstić information content (AvgIpc) is 2.14. The number of aryl methyl sites for hydroxylation is 1. The molecule has 1 aromatic rings. The molecule has 0 heterocycles. The summed E-state index contributed by atoms with van der Waals surface area (Å²) in [6.07, 6.45) is 1.08. The van der Waals surface area contributed by atoms with Gasteiger partial charge in [0.2, 0.25) is 0 Å². The number of hydrogen-bond donors (Lipinski definition) is 0. The number of benzene rings is 1. The fourth-order valence-corrected chi connectivity index (χ4v) is 1.39. The summed E-state index contributed by atoms with van der Waals surface area (Å²) in [6, 6.07) is 5.10. The Bertz CT molecular complexity index is 361. The molecule has 1 rings (SSSR count). The standard InChI is InChI=1S/C12H16FNO/c1-9(15)4-5-10-6-7-12(14(2)3)11(13)8-10/h6-8H,4-5H2,1-3H3. The van der Waals surface area contributed by atoms with Gasteiger partial charge in [-0.15, -0.1) is 0 Å². The Balaban J connectivity index is 2.77. The van der Waals surface area contributed by atoms with Gasteiger partial charge in [0.1, 0.15) is 11.6 Å². The quantitative estimate of drug-likeness (QED) is 0.759. The molecular formula is C12H16FNO. The van der Waals surface area contributed by atoms with Crippen LogP contribution in [0, 0.1) is 5.82 Å². The highest BCUT2D eigenvalue weighted by molar-refractivity contribution is 5.75. The molecule has 0 unspecified atom stereocenters. The fraction of sp³-hybridized carbons (Fsp3) is 0.417. The van der Waals surface area contributed by atoms with Crippen LogP contribution in [0.5, 0.6) is 0 Å². The van der Waals surface area contributed by atoms with E-state index in [1.807, 2.05) is 6.07 Å². The lowest BCUT2D eigenvalue weighted by atomic mass is 10.1. The maximum atomic E-state index is 13.5. The van der Waals surface area contributed by atoms with Crippen LogP contribution in [0.25, 0.3) is 0 Å². The molecule has 15 heavy (non-hydrogen) atoms. The third-order valence-corrected chi connectivity index (χ3v) is 2.26. The average molecular weight is 209 g/mol. The molecule has 0 saturated heterocycles. The van der Waals surface area contributed by atoms with Crippen molar-refractivity contribution in [2.24, 2.45) is 0 Å². The summed E-state index contributed by atoms with van der Waals surface area (Å²) in [5.41, 5.74) is 1.44. The first-order valence-corrected chi connectivity index (χ1v) is 4.96. The molecular weight excluding hydrogens is 193 g/mol. The van der Waals surface area contributed by atoms with Gasteiger partial charge in [-0.05, 0) is 31.0 Å². The Morgan fingerprint density at radius 1 is 1.40 bits per heavy atom. The van der Waals surface area contributed by atoms with Gasteiger partial charge in [0.25, 0.3) is 0 Å². The van der Waals surface area contributed by atoms with Gasteiger partial charge >= 0.3 is 0 Å². The Morgan fingerprint density at radius 3 is 2.53 bits per heavy atom. The Hall–Kier alpha value is -1.38. The molecule has 0 saturated carbocycles. The molecule has 0 bridgehead atoms. The topological polar surface area (TPSA) is 20.3 Å². The van der Waals surface area contributed by atoms with Crippen LogP contribution < -0.4 is 4.90 Å². The lowest BCUT2D eigenvalue weighted by molar-refractivity contribution is -0.116. The number of rotatable bonds is 4. The monoisotopic (exact) mass is 209 g/mol. The van der Waals surface area contributed by atoms with E-state index >= 15 is 0 Å². The lowest BCUT2D eigenvalue weighted by Gasteiger charge is -2.13. The number of carbonyl (C=O) groups is 1. The van der Waals surface area contributed by atoms with Crippen LogP contribution in [0.2, 0.25) is 0 Å². The van der Waals surface area contributed by atoms with Crippen LogP contribution in [-0.4, -0.2) is 19.9 Å². The minimum atomic E-state index is -0.235. The molecule has 0 aliphatic carbocycles. The van der Waals surface area contributed by atoms with E-state index in [1.165, 1.54) is 6.07 Å². The van der Waals surface area contributed by atoms with E-state index in [4.69, 9.17) is 0 Å². The van der Waals surface area contributed by atoms with Crippen LogP contribution in [0.3, 0.4) is 0 Å². The molecule has 1 aromatic carbocycles. The Kier molecular flexibility index (Phi) is 3.83. The van der Waals surface area contributed by atoms with Crippen LogP contribution >= 0.6 is 0 Å². The molecule has 0 atom stereocenters. The van der Waals surface area contributed by atoms with Gasteiger partial charge in [0, 0.05) is 20.5 Å². The third-order valence-electron chi connectivity index (χ3n) is 2.26. The SMILES string of the molecule is CC(=O)CCc1ccc(N(C)C)c(F)c1. The minimum absolute atomic E-state index is 0.132. The third kappa shape index (κ3) is 3.35. The molecule has 0 fully saturated rings. The number of halogens is 1. The zero-order valence-electron chi connectivity index (χ0n) is 9.38. The fourth-order valence-electron chi connectivity index (χ4n) is 1.39. The summed E-state index contributed by atoms with van der Waals surface area (Å²) in [7, 11) is 3.60. The highest BCUT2D eigenvalue weighted by Gasteiger charge is 2.05. The summed E-state index contributed by atoms with van der Waals surface area (Å²) >= 11 is 0. The van der Waals surface area contributed by atoms with Crippen molar-refractivity contribution < 1.29 is 9.18 Å². The summed E-state index contributed by atoms with van der Waals surface area (Å²) in [4.78, 5) is 12.5. The minimum Gasteiger partial charge on any atom is -0.375 e. The van der Waals surface area contributed by atoms with Gasteiger partial charge in [-0.1, -0.05) is 6.07 Å². The first-order valence-electron chi connectivity index (χ1n) is 4.96. The summed E-state index contributed by atoms with van der Waals surface area (Å²) in [6.45, 7) is 1.55. The normalized spacial score (nSPS) is 10.1. The van der Waals surface area contributed by atoms with Crippen molar-refractivity contribution in [1.82, 2.24) is 0 Å². The van der Waals surface area contributed by atoms with E-state index in [1.54, 1.807) is 32.0 Å². The number of hydrogen-bond acceptors (Lipinski definition) is 2. The van der Waals surface area contributed by atoms with Crippen molar-refractivity contribution in [1.29, 1.82) is 0 Å². The Morgan fingerprint density at radius 2 is 2.07 bits per heavy atom. The van der Waals surface area contributed by atoms with Crippen molar-refractivity contribution in [3.63, 3.8) is 0 Å². The molecule has 2 nitrogen and oxygen atoms in total. The van der Waals surface area contributed by atoms with Gasteiger partial charge < -0.3 is 9.69 Å². The van der Waals surface area contributed by atoms with Gasteiger partial charge in [-0.3, -0.25) is 0 Å². The van der Waals surface area contributed by atoms with Crippen LogP contribution in [0.15, 0.2) is 18.2 Å². The van der Waals surface area contributed by atoms with Gasteiger partial charge in [-0.25, -0.2) is 4.39 Å². The zero-order valence-corrected chi connectivity index (χ0v) is 9.38. The molecule has 0 aromatic heterocycles. The van der Waals surface area contributed by atoms with Crippen molar-refractivity contribution >= 4 is 11.5 Å². The molecule has 0 N–H and O–H groups in total. The number of ketones is 1. The van der Waals surface area contributed by atoms with Crippen molar-refractivity contribution in [3.05, 3.63) is 29.6 Å². The van der Waals surface area contributed by atoms with Gasteiger partial charge in [-0.2, -0.15) is 0 Å². The smallest absolute Gasteiger partial charge is 0.146 e. The van der Waals surface area contributed by atoms with E-state index in [9.17, 15) is 9.18 Å². The predicted molar refractivity (Wildman–Crippen MR) is 59.7 cm³/mol. The lowest BCUT2D eigenvalue weighted by Crippen LogP contribution is -2.10. The molecule has 3 heteroatoms. The second-order valence-corrected chi connectivity index (χ2v) is 3.88. The van der Waals surface area contributed by atoms with Crippen molar-refractivity contribution in [2.75, 3.05) is 19.0 Å². The van der Waals surface area contributed by atoms with E-state index in [2.05, 4.69) is 0 Å². The highest BCUT2D eigenvalue weighted by atomic mass is 19.1. The molecule has 0 amide bonds. The zero-order chi connectivity index (χ0) is 11.4. The highest BCUT2D eigenvalue weighted by Crippen LogP contribution is 2.18. The first-order chi connectivity index (χ1) is 7.00. The molecule has 0 spiro atoms. The second kappa shape index (κ2) is 4.91. The predicted octanol–water partition coefficient (Wildman–Crippen LogP) is 2.41. The molecule has 0 aliphatic rings. The maximum Gasteiger partial charge on any atom is 0.146 e.